The Morgan fingerprint density at radius 3 is 2.70 bits per heavy atom. The van der Waals surface area contributed by atoms with Crippen molar-refractivity contribution in [2.24, 2.45) is 5.73 Å². The average Bonchev–Trinajstić information content (AvgIpc) is 2.83. The van der Waals surface area contributed by atoms with Crippen molar-refractivity contribution in [1.82, 2.24) is 4.98 Å². The highest BCUT2D eigenvalue weighted by Gasteiger charge is 2.14. The van der Waals surface area contributed by atoms with Gasteiger partial charge in [-0.05, 0) is 30.7 Å². The van der Waals surface area contributed by atoms with Crippen LogP contribution >= 0.6 is 11.8 Å². The third-order valence-corrected chi connectivity index (χ3v) is 4.28. The molecule has 4 heteroatoms. The van der Waals surface area contributed by atoms with Crippen LogP contribution in [-0.2, 0) is 0 Å². The molecular formula is C16H15FN2S. The minimum absolute atomic E-state index is 0.197. The van der Waals surface area contributed by atoms with Gasteiger partial charge >= 0.3 is 0 Å². The van der Waals surface area contributed by atoms with Crippen LogP contribution < -0.4 is 5.73 Å². The lowest BCUT2D eigenvalue weighted by atomic mass is 10.1. The molecule has 1 atom stereocenters. The van der Waals surface area contributed by atoms with Crippen molar-refractivity contribution in [2.45, 2.75) is 22.9 Å². The first-order valence-electron chi connectivity index (χ1n) is 6.45. The molecule has 1 aromatic heterocycles. The van der Waals surface area contributed by atoms with Crippen LogP contribution in [0.1, 0.15) is 18.5 Å². The summed E-state index contributed by atoms with van der Waals surface area (Å²) in [7, 11) is 0. The van der Waals surface area contributed by atoms with E-state index in [-0.39, 0.29) is 11.9 Å². The molecule has 2 nitrogen and oxygen atoms in total. The summed E-state index contributed by atoms with van der Waals surface area (Å²) in [6.45, 7) is 1.87. The fraction of sp³-hybridized carbons (Fsp3) is 0.125. The summed E-state index contributed by atoms with van der Waals surface area (Å²) < 4.78 is 14.1. The van der Waals surface area contributed by atoms with Crippen LogP contribution in [-0.4, -0.2) is 4.98 Å². The maximum atomic E-state index is 14.1. The van der Waals surface area contributed by atoms with E-state index in [1.165, 1.54) is 17.8 Å². The lowest BCUT2D eigenvalue weighted by Crippen LogP contribution is -2.07. The monoisotopic (exact) mass is 286 g/mol. The molecule has 1 heterocycles. The number of nitrogens with two attached hydrogens (primary N) is 1. The van der Waals surface area contributed by atoms with Crippen molar-refractivity contribution >= 4 is 22.7 Å². The summed E-state index contributed by atoms with van der Waals surface area (Å²) in [6.07, 6.45) is 0. The van der Waals surface area contributed by atoms with E-state index < -0.39 is 0 Å². The molecule has 0 spiro atoms. The van der Waals surface area contributed by atoms with Gasteiger partial charge in [0, 0.05) is 16.9 Å². The van der Waals surface area contributed by atoms with Gasteiger partial charge in [0.05, 0.1) is 9.92 Å². The number of fused-ring (bicyclic) bond motifs is 1. The molecule has 0 saturated carbocycles. The first kappa shape index (κ1) is 13.2. The Morgan fingerprint density at radius 1 is 1.15 bits per heavy atom. The molecule has 0 radical (unpaired) electrons. The third kappa shape index (κ3) is 2.44. The van der Waals surface area contributed by atoms with Gasteiger partial charge in [0.1, 0.15) is 5.82 Å². The van der Waals surface area contributed by atoms with E-state index in [0.717, 1.165) is 21.5 Å². The van der Waals surface area contributed by atoms with Gasteiger partial charge in [0.15, 0.2) is 0 Å². The van der Waals surface area contributed by atoms with Crippen molar-refractivity contribution in [3.8, 4) is 0 Å². The SMILES string of the molecule is CC(N)c1cccc(F)c1Sc1cc2ccccc2[nH]1. The van der Waals surface area contributed by atoms with E-state index >= 15 is 0 Å². The second kappa shape index (κ2) is 5.31. The predicted octanol–water partition coefficient (Wildman–Crippen LogP) is 4.48. The molecule has 2 aromatic carbocycles. The molecular weight excluding hydrogens is 271 g/mol. The highest BCUT2D eigenvalue weighted by atomic mass is 32.2. The highest BCUT2D eigenvalue weighted by molar-refractivity contribution is 7.99. The van der Waals surface area contributed by atoms with E-state index in [2.05, 4.69) is 4.98 Å². The smallest absolute Gasteiger partial charge is 0.137 e. The zero-order chi connectivity index (χ0) is 14.1. The molecule has 0 aliphatic rings. The largest absolute Gasteiger partial charge is 0.349 e. The zero-order valence-electron chi connectivity index (χ0n) is 11.1. The van der Waals surface area contributed by atoms with Gasteiger partial charge in [0.2, 0.25) is 0 Å². The van der Waals surface area contributed by atoms with E-state index in [1.54, 1.807) is 6.07 Å². The molecule has 102 valence electrons. The lowest BCUT2D eigenvalue weighted by molar-refractivity contribution is 0.591. The normalized spacial score (nSPS) is 12.8. The highest BCUT2D eigenvalue weighted by Crippen LogP contribution is 2.35. The fourth-order valence-electron chi connectivity index (χ4n) is 2.20. The molecule has 0 amide bonds. The van der Waals surface area contributed by atoms with Gasteiger partial charge in [-0.1, -0.05) is 42.1 Å². The Labute approximate surface area is 121 Å². The number of H-pyrrole nitrogens is 1. The predicted molar refractivity (Wildman–Crippen MR) is 81.4 cm³/mol. The second-order valence-electron chi connectivity index (χ2n) is 4.77. The van der Waals surface area contributed by atoms with Crippen LogP contribution in [0.15, 0.2) is 58.5 Å². The molecule has 3 rings (SSSR count). The van der Waals surface area contributed by atoms with Crippen LogP contribution in [0.5, 0.6) is 0 Å². The Hall–Kier alpha value is -1.78. The summed E-state index contributed by atoms with van der Waals surface area (Å²) in [4.78, 5) is 3.88. The van der Waals surface area contributed by atoms with Crippen molar-refractivity contribution in [3.63, 3.8) is 0 Å². The Balaban J connectivity index is 2.02. The van der Waals surface area contributed by atoms with Crippen molar-refractivity contribution in [2.75, 3.05) is 0 Å². The summed E-state index contributed by atoms with van der Waals surface area (Å²) in [6, 6.07) is 14.9. The maximum Gasteiger partial charge on any atom is 0.137 e. The number of nitrogens with one attached hydrogen (secondary N) is 1. The summed E-state index contributed by atoms with van der Waals surface area (Å²) in [5.41, 5.74) is 7.80. The van der Waals surface area contributed by atoms with Gasteiger partial charge in [-0.25, -0.2) is 4.39 Å². The molecule has 3 N–H and O–H groups in total. The molecule has 0 aliphatic carbocycles. The number of benzene rings is 2. The fourth-order valence-corrected chi connectivity index (χ4v) is 3.31. The van der Waals surface area contributed by atoms with Crippen LogP contribution in [0.3, 0.4) is 0 Å². The topological polar surface area (TPSA) is 41.8 Å². The van der Waals surface area contributed by atoms with Gasteiger partial charge < -0.3 is 10.7 Å². The molecule has 20 heavy (non-hydrogen) atoms. The molecule has 0 saturated heterocycles. The van der Waals surface area contributed by atoms with E-state index in [1.807, 2.05) is 43.3 Å². The quantitative estimate of drug-likeness (QED) is 0.745. The minimum Gasteiger partial charge on any atom is -0.349 e. The Morgan fingerprint density at radius 2 is 1.95 bits per heavy atom. The first-order chi connectivity index (χ1) is 9.65. The number of aromatic nitrogens is 1. The van der Waals surface area contributed by atoms with Crippen LogP contribution in [0.4, 0.5) is 4.39 Å². The number of aromatic amines is 1. The van der Waals surface area contributed by atoms with Crippen LogP contribution in [0, 0.1) is 5.82 Å². The molecule has 1 unspecified atom stereocenters. The number of para-hydroxylation sites is 1. The van der Waals surface area contributed by atoms with Gasteiger partial charge in [0.25, 0.3) is 0 Å². The minimum atomic E-state index is -0.233. The second-order valence-corrected chi connectivity index (χ2v) is 5.82. The van der Waals surface area contributed by atoms with Crippen molar-refractivity contribution < 1.29 is 4.39 Å². The summed E-state index contributed by atoms with van der Waals surface area (Å²) in [5, 5.41) is 2.03. The maximum absolute atomic E-state index is 14.1. The van der Waals surface area contributed by atoms with Crippen molar-refractivity contribution in [3.05, 3.63) is 59.9 Å². The third-order valence-electron chi connectivity index (χ3n) is 3.21. The summed E-state index contributed by atoms with van der Waals surface area (Å²) >= 11 is 1.38. The van der Waals surface area contributed by atoms with Crippen LogP contribution in [0.25, 0.3) is 10.9 Å². The standard InChI is InChI=1S/C16H15FN2S/c1-10(18)12-6-4-7-13(17)16(12)20-15-9-11-5-2-3-8-14(11)19-15/h2-10,19H,18H2,1H3. The average molecular weight is 286 g/mol. The number of hydrogen-bond donors (Lipinski definition) is 2. The van der Waals surface area contributed by atoms with Crippen LogP contribution in [0.2, 0.25) is 0 Å². The number of rotatable bonds is 3. The van der Waals surface area contributed by atoms with E-state index in [4.69, 9.17) is 5.73 Å². The van der Waals surface area contributed by atoms with Gasteiger partial charge in [-0.2, -0.15) is 0 Å². The van der Waals surface area contributed by atoms with Gasteiger partial charge in [-0.15, -0.1) is 0 Å². The number of halogens is 1. The Bertz CT molecular complexity index is 716. The molecule has 0 aliphatic heterocycles. The van der Waals surface area contributed by atoms with Crippen molar-refractivity contribution in [1.29, 1.82) is 0 Å². The molecule has 0 bridgehead atoms. The number of hydrogen-bond acceptors (Lipinski definition) is 2. The van der Waals surface area contributed by atoms with Gasteiger partial charge in [-0.3, -0.25) is 0 Å². The van der Waals surface area contributed by atoms with E-state index in [0.29, 0.717) is 4.90 Å². The first-order valence-corrected chi connectivity index (χ1v) is 7.26. The zero-order valence-corrected chi connectivity index (χ0v) is 11.9. The summed E-state index contributed by atoms with van der Waals surface area (Å²) in [5.74, 6) is -0.233. The molecule has 3 aromatic rings. The molecule has 0 fully saturated rings. The lowest BCUT2D eigenvalue weighted by Gasteiger charge is -2.12. The van der Waals surface area contributed by atoms with E-state index in [9.17, 15) is 4.39 Å². The Kier molecular flexibility index (Phi) is 3.51.